The second kappa shape index (κ2) is 39.1. The molecule has 9 heteroatoms. The Morgan fingerprint density at radius 2 is 0.982 bits per heavy atom. The topological polar surface area (TPSA) is 149 Å². The minimum atomic E-state index is -1.55. The van der Waals surface area contributed by atoms with E-state index in [0.29, 0.717) is 12.8 Å². The lowest BCUT2D eigenvalue weighted by Crippen LogP contribution is -2.60. The summed E-state index contributed by atoms with van der Waals surface area (Å²) in [6, 6.07) is -0.716. The first-order chi connectivity index (χ1) is 27.8. The van der Waals surface area contributed by atoms with E-state index in [4.69, 9.17) is 9.47 Å². The monoisotopic (exact) mass is 812 g/mol. The molecule has 7 unspecified atom stereocenters. The highest BCUT2D eigenvalue weighted by molar-refractivity contribution is 5.76. The molecule has 1 fully saturated rings. The van der Waals surface area contributed by atoms with Crippen LogP contribution in [0.5, 0.6) is 0 Å². The minimum absolute atomic E-state index is 0.137. The Balaban J connectivity index is 2.25. The van der Waals surface area contributed by atoms with Gasteiger partial charge in [-0.2, -0.15) is 0 Å². The number of hydrogen-bond donors (Lipinski definition) is 6. The van der Waals surface area contributed by atoms with Crippen LogP contribution in [0.15, 0.2) is 12.2 Å². The van der Waals surface area contributed by atoms with Crippen molar-refractivity contribution < 1.29 is 39.8 Å². The number of nitrogens with one attached hydrogen (secondary N) is 1. The highest BCUT2D eigenvalue weighted by atomic mass is 16.7. The third kappa shape index (κ3) is 29.7. The number of rotatable bonds is 41. The van der Waals surface area contributed by atoms with E-state index in [1.807, 2.05) is 0 Å². The standard InChI is InChI=1S/C48H93NO8/c1-3-5-7-9-11-13-15-17-18-19-20-21-22-23-24-25-26-28-30-32-34-36-38-44(52)49-41(40-56-48-47(55)46(54)45(53)43(39-50)57-48)42(51)37-35-33-31-29-27-16-14-12-10-8-6-4-2/h22-23,41-43,45-48,50-51,53-55H,3-21,24-40H2,1-2H3,(H,49,52)/b23-22-. The van der Waals surface area contributed by atoms with Gasteiger partial charge in [-0.15, -0.1) is 0 Å². The summed E-state index contributed by atoms with van der Waals surface area (Å²) in [5.41, 5.74) is 0. The maximum absolute atomic E-state index is 13.0. The molecule has 1 amide bonds. The van der Waals surface area contributed by atoms with Crippen LogP contribution in [0.1, 0.15) is 232 Å². The van der Waals surface area contributed by atoms with Gasteiger partial charge in [0.05, 0.1) is 25.4 Å². The van der Waals surface area contributed by atoms with Crippen LogP contribution in [0, 0.1) is 0 Å². The predicted octanol–water partition coefficient (Wildman–Crippen LogP) is 10.5. The molecule has 0 aromatic heterocycles. The van der Waals surface area contributed by atoms with E-state index in [0.717, 1.165) is 38.5 Å². The van der Waals surface area contributed by atoms with Crippen molar-refractivity contribution in [2.45, 2.75) is 275 Å². The van der Waals surface area contributed by atoms with E-state index in [2.05, 4.69) is 31.3 Å². The molecular formula is C48H93NO8. The largest absolute Gasteiger partial charge is 0.394 e. The lowest BCUT2D eigenvalue weighted by atomic mass is 9.99. The van der Waals surface area contributed by atoms with Gasteiger partial charge in [-0.1, -0.05) is 199 Å². The fourth-order valence-electron chi connectivity index (χ4n) is 7.92. The molecule has 9 nitrogen and oxygen atoms in total. The van der Waals surface area contributed by atoms with Crippen LogP contribution in [-0.2, 0) is 14.3 Å². The first kappa shape index (κ1) is 53.9. The number of aliphatic hydroxyl groups is 5. The fourth-order valence-corrected chi connectivity index (χ4v) is 7.92. The van der Waals surface area contributed by atoms with Gasteiger partial charge >= 0.3 is 0 Å². The summed E-state index contributed by atoms with van der Waals surface area (Å²) in [5, 5.41) is 54.3. The normalized spacial score (nSPS) is 21.0. The van der Waals surface area contributed by atoms with E-state index < -0.39 is 49.5 Å². The Labute approximate surface area is 350 Å². The molecule has 7 atom stereocenters. The predicted molar refractivity (Wildman–Crippen MR) is 235 cm³/mol. The number of hydrogen-bond acceptors (Lipinski definition) is 8. The van der Waals surface area contributed by atoms with Gasteiger partial charge < -0.3 is 40.3 Å². The molecule has 1 aliphatic rings. The van der Waals surface area contributed by atoms with Crippen LogP contribution >= 0.6 is 0 Å². The van der Waals surface area contributed by atoms with Gasteiger partial charge in [0.25, 0.3) is 0 Å². The lowest BCUT2D eigenvalue weighted by molar-refractivity contribution is -0.302. The van der Waals surface area contributed by atoms with E-state index in [-0.39, 0.29) is 12.5 Å². The van der Waals surface area contributed by atoms with Crippen molar-refractivity contribution in [3.63, 3.8) is 0 Å². The molecule has 0 aromatic rings. The SMILES string of the molecule is CCCCCCCCCCCCC/C=C\CCCCCCCCCC(=O)NC(COC1OC(CO)C(O)C(O)C1O)C(O)CCCCCCCCCCCCCC. The number of amides is 1. The smallest absolute Gasteiger partial charge is 0.220 e. The van der Waals surface area contributed by atoms with Gasteiger partial charge in [0.1, 0.15) is 24.4 Å². The summed E-state index contributed by atoms with van der Waals surface area (Å²) in [4.78, 5) is 13.0. The third-order valence-corrected chi connectivity index (χ3v) is 11.9. The van der Waals surface area contributed by atoms with E-state index in [1.54, 1.807) is 0 Å². The molecule has 0 aliphatic carbocycles. The number of ether oxygens (including phenoxy) is 2. The molecule has 0 spiro atoms. The number of carbonyl (C=O) groups excluding carboxylic acids is 1. The zero-order valence-corrected chi connectivity index (χ0v) is 37.1. The average Bonchev–Trinajstić information content (AvgIpc) is 3.21. The maximum Gasteiger partial charge on any atom is 0.220 e. The molecule has 1 rings (SSSR count). The van der Waals surface area contributed by atoms with Crippen molar-refractivity contribution in [1.29, 1.82) is 0 Å². The number of carbonyl (C=O) groups is 1. The Hall–Kier alpha value is -1.07. The summed E-state index contributed by atoms with van der Waals surface area (Å²) in [6.07, 6.45) is 38.0. The van der Waals surface area contributed by atoms with Gasteiger partial charge in [0, 0.05) is 6.42 Å². The molecule has 0 radical (unpaired) electrons. The van der Waals surface area contributed by atoms with E-state index >= 15 is 0 Å². The summed E-state index contributed by atoms with van der Waals surface area (Å²) < 4.78 is 11.3. The number of unbranched alkanes of at least 4 members (excludes halogenated alkanes) is 29. The molecule has 0 bridgehead atoms. The lowest BCUT2D eigenvalue weighted by Gasteiger charge is -2.40. The van der Waals surface area contributed by atoms with Crippen molar-refractivity contribution in [3.8, 4) is 0 Å². The fraction of sp³-hybridized carbons (Fsp3) is 0.938. The van der Waals surface area contributed by atoms with Gasteiger partial charge in [0.15, 0.2) is 6.29 Å². The zero-order valence-electron chi connectivity index (χ0n) is 37.1. The molecule has 0 saturated carbocycles. The van der Waals surface area contributed by atoms with Crippen LogP contribution in [0.25, 0.3) is 0 Å². The van der Waals surface area contributed by atoms with Crippen molar-refractivity contribution in [2.24, 2.45) is 0 Å². The molecule has 57 heavy (non-hydrogen) atoms. The zero-order chi connectivity index (χ0) is 41.6. The quantitative estimate of drug-likeness (QED) is 0.0264. The Morgan fingerprint density at radius 1 is 0.579 bits per heavy atom. The van der Waals surface area contributed by atoms with Crippen molar-refractivity contribution >= 4 is 5.91 Å². The Bertz CT molecular complexity index is 904. The summed E-state index contributed by atoms with van der Waals surface area (Å²) in [6.45, 7) is 3.84. The first-order valence-corrected chi connectivity index (χ1v) is 24.4. The van der Waals surface area contributed by atoms with Crippen LogP contribution < -0.4 is 5.32 Å². The van der Waals surface area contributed by atoms with Gasteiger partial charge in [-0.25, -0.2) is 0 Å². The van der Waals surface area contributed by atoms with Gasteiger partial charge in [-0.05, 0) is 38.5 Å². The molecule has 0 aromatic carbocycles. The molecule has 6 N–H and O–H groups in total. The average molecular weight is 812 g/mol. The van der Waals surface area contributed by atoms with Crippen molar-refractivity contribution in [1.82, 2.24) is 5.32 Å². The maximum atomic E-state index is 13.0. The number of aliphatic hydroxyl groups excluding tert-OH is 5. The molecule has 1 saturated heterocycles. The summed E-state index contributed by atoms with van der Waals surface area (Å²) in [5.74, 6) is -0.147. The minimum Gasteiger partial charge on any atom is -0.394 e. The summed E-state index contributed by atoms with van der Waals surface area (Å²) >= 11 is 0. The van der Waals surface area contributed by atoms with Crippen LogP contribution in [0.4, 0.5) is 0 Å². The summed E-state index contributed by atoms with van der Waals surface area (Å²) in [7, 11) is 0. The Morgan fingerprint density at radius 3 is 1.42 bits per heavy atom. The molecule has 1 heterocycles. The Kier molecular flexibility index (Phi) is 37.0. The number of allylic oxidation sites excluding steroid dienone is 2. The molecular weight excluding hydrogens is 719 g/mol. The second-order valence-corrected chi connectivity index (χ2v) is 17.3. The highest BCUT2D eigenvalue weighted by Crippen LogP contribution is 2.23. The van der Waals surface area contributed by atoms with E-state index in [1.165, 1.54) is 167 Å². The van der Waals surface area contributed by atoms with Crippen molar-refractivity contribution in [3.05, 3.63) is 12.2 Å². The van der Waals surface area contributed by atoms with E-state index in [9.17, 15) is 30.3 Å². The van der Waals surface area contributed by atoms with Crippen molar-refractivity contribution in [2.75, 3.05) is 13.2 Å². The highest BCUT2D eigenvalue weighted by Gasteiger charge is 2.44. The van der Waals surface area contributed by atoms with Crippen LogP contribution in [0.3, 0.4) is 0 Å². The van der Waals surface area contributed by atoms with Crippen LogP contribution in [-0.4, -0.2) is 87.5 Å². The second-order valence-electron chi connectivity index (χ2n) is 17.3. The van der Waals surface area contributed by atoms with Gasteiger partial charge in [0.2, 0.25) is 5.91 Å². The first-order valence-electron chi connectivity index (χ1n) is 24.4. The molecule has 1 aliphatic heterocycles. The molecule has 338 valence electrons. The van der Waals surface area contributed by atoms with Gasteiger partial charge in [-0.3, -0.25) is 4.79 Å². The third-order valence-electron chi connectivity index (χ3n) is 11.9. The van der Waals surface area contributed by atoms with Crippen LogP contribution in [0.2, 0.25) is 0 Å².